The Morgan fingerprint density at radius 3 is 2.45 bits per heavy atom. The monoisotopic (exact) mass is 292 g/mol. The number of amides is 2. The topological polar surface area (TPSA) is 46.3 Å². The van der Waals surface area contributed by atoms with Gasteiger partial charge in [0, 0.05) is 16.3 Å². The minimum atomic E-state index is -1.64. The number of nitrogens with zero attached hydrogens (tertiary/aromatic N) is 1. The van der Waals surface area contributed by atoms with Crippen molar-refractivity contribution in [3.63, 3.8) is 0 Å². The molecule has 0 radical (unpaired) electrons. The molecule has 1 atom stereocenters. The second kappa shape index (κ2) is 5.92. The van der Waals surface area contributed by atoms with Crippen molar-refractivity contribution in [2.45, 2.75) is 13.2 Å². The summed E-state index contributed by atoms with van der Waals surface area (Å²) in [6, 6.07) is 12.3. The number of halogens is 2. The Bertz CT molecular complexity index is 616. The third kappa shape index (κ3) is 3.08. The van der Waals surface area contributed by atoms with Gasteiger partial charge in [0.15, 0.2) is 0 Å². The Labute approximate surface area is 121 Å². The Kier molecular flexibility index (Phi) is 4.25. The number of nitrogens with two attached hydrogens (primary N) is 1. The summed E-state index contributed by atoms with van der Waals surface area (Å²) in [5, 5.41) is 0.504. The van der Waals surface area contributed by atoms with Gasteiger partial charge in [0.1, 0.15) is 0 Å². The first-order valence-corrected chi connectivity index (χ1v) is 6.41. The number of benzene rings is 2. The number of urea groups is 1. The van der Waals surface area contributed by atoms with Crippen molar-refractivity contribution in [1.82, 2.24) is 0 Å². The summed E-state index contributed by atoms with van der Waals surface area (Å²) >= 11 is 5.78. The largest absolute Gasteiger partial charge is 0.351 e. The lowest BCUT2D eigenvalue weighted by Gasteiger charge is -2.25. The number of hydrogen-bond donors (Lipinski definition) is 1. The molecule has 104 valence electrons. The second-order valence-corrected chi connectivity index (χ2v) is 4.87. The Balaban J connectivity index is 2.38. The lowest BCUT2D eigenvalue weighted by molar-refractivity contribution is 0.240. The third-order valence-electron chi connectivity index (χ3n) is 2.89. The number of carbonyl (C=O) groups is 1. The molecule has 0 aliphatic heterocycles. The van der Waals surface area contributed by atoms with Crippen LogP contribution in [-0.4, -0.2) is 6.03 Å². The molecule has 2 N–H and O–H groups in total. The molecule has 0 saturated carbocycles. The normalized spacial score (nSPS) is 11.9. The number of anilines is 1. The molecule has 0 heterocycles. The maximum absolute atomic E-state index is 14.6. The Morgan fingerprint density at radius 2 is 1.90 bits per heavy atom. The van der Waals surface area contributed by atoms with Crippen LogP contribution in [-0.2, 0) is 0 Å². The number of aryl methyl sites for hydroxylation is 1. The molecule has 2 aromatic rings. The van der Waals surface area contributed by atoms with Crippen molar-refractivity contribution in [1.29, 1.82) is 0 Å². The molecule has 3 nitrogen and oxygen atoms in total. The highest BCUT2D eigenvalue weighted by Crippen LogP contribution is 2.29. The molecule has 20 heavy (non-hydrogen) atoms. The van der Waals surface area contributed by atoms with E-state index in [1.807, 2.05) is 13.0 Å². The number of primary amides is 1. The zero-order valence-corrected chi connectivity index (χ0v) is 11.6. The minimum absolute atomic E-state index is 0.357. The summed E-state index contributed by atoms with van der Waals surface area (Å²) in [5.41, 5.74) is 6.94. The summed E-state index contributed by atoms with van der Waals surface area (Å²) in [5.74, 6) is 0. The van der Waals surface area contributed by atoms with E-state index in [0.29, 0.717) is 16.3 Å². The average molecular weight is 293 g/mol. The van der Waals surface area contributed by atoms with Crippen LogP contribution in [0.4, 0.5) is 14.9 Å². The molecule has 2 aromatic carbocycles. The van der Waals surface area contributed by atoms with Crippen molar-refractivity contribution < 1.29 is 9.18 Å². The third-order valence-corrected chi connectivity index (χ3v) is 3.14. The van der Waals surface area contributed by atoms with E-state index in [2.05, 4.69) is 0 Å². The Hall–Kier alpha value is -2.07. The van der Waals surface area contributed by atoms with Crippen molar-refractivity contribution in [3.8, 4) is 0 Å². The highest BCUT2D eigenvalue weighted by molar-refractivity contribution is 6.30. The van der Waals surface area contributed by atoms with Crippen LogP contribution >= 0.6 is 11.6 Å². The quantitative estimate of drug-likeness (QED) is 0.847. The molecular formula is C15H14ClFN2O. The first kappa shape index (κ1) is 14.3. The van der Waals surface area contributed by atoms with Gasteiger partial charge in [-0.05, 0) is 31.2 Å². The number of rotatable bonds is 3. The van der Waals surface area contributed by atoms with Gasteiger partial charge in [-0.3, -0.25) is 4.90 Å². The van der Waals surface area contributed by atoms with Crippen LogP contribution in [0, 0.1) is 6.92 Å². The van der Waals surface area contributed by atoms with E-state index >= 15 is 0 Å². The molecule has 0 fully saturated rings. The summed E-state index contributed by atoms with van der Waals surface area (Å²) in [6.45, 7) is 1.85. The molecule has 0 aromatic heterocycles. The summed E-state index contributed by atoms with van der Waals surface area (Å²) < 4.78 is 14.6. The standard InChI is InChI=1S/C15H14ClFN2O/c1-10-3-2-4-11(9-10)14(17)19(15(18)20)13-7-5-12(16)6-8-13/h2-9,14H,1H3,(H2,18,20). The fraction of sp³-hybridized carbons (Fsp3) is 0.133. The van der Waals surface area contributed by atoms with Crippen LogP contribution in [0.25, 0.3) is 0 Å². The molecule has 5 heteroatoms. The molecule has 0 bridgehead atoms. The average Bonchev–Trinajstić information content (AvgIpc) is 2.41. The van der Waals surface area contributed by atoms with Crippen molar-refractivity contribution >= 4 is 23.3 Å². The van der Waals surface area contributed by atoms with Crippen molar-refractivity contribution in [2.24, 2.45) is 5.73 Å². The highest BCUT2D eigenvalue weighted by atomic mass is 35.5. The predicted molar refractivity (Wildman–Crippen MR) is 78.5 cm³/mol. The zero-order valence-electron chi connectivity index (χ0n) is 10.9. The van der Waals surface area contributed by atoms with Gasteiger partial charge in [-0.2, -0.15) is 0 Å². The van der Waals surface area contributed by atoms with Crippen LogP contribution in [0.5, 0.6) is 0 Å². The maximum Gasteiger partial charge on any atom is 0.321 e. The van der Waals surface area contributed by atoms with E-state index in [1.165, 1.54) is 0 Å². The van der Waals surface area contributed by atoms with Crippen LogP contribution in [0.3, 0.4) is 0 Å². The van der Waals surface area contributed by atoms with Gasteiger partial charge in [-0.25, -0.2) is 9.18 Å². The van der Waals surface area contributed by atoms with Gasteiger partial charge >= 0.3 is 6.03 Å². The van der Waals surface area contributed by atoms with Gasteiger partial charge < -0.3 is 5.73 Å². The molecule has 0 aliphatic rings. The van der Waals surface area contributed by atoms with Gasteiger partial charge in [-0.1, -0.05) is 41.4 Å². The summed E-state index contributed by atoms with van der Waals surface area (Å²) in [4.78, 5) is 12.5. The van der Waals surface area contributed by atoms with Gasteiger partial charge in [0.05, 0.1) is 0 Å². The van der Waals surface area contributed by atoms with E-state index in [-0.39, 0.29) is 0 Å². The minimum Gasteiger partial charge on any atom is -0.351 e. The van der Waals surface area contributed by atoms with Crippen molar-refractivity contribution in [2.75, 3.05) is 4.90 Å². The predicted octanol–water partition coefficient (Wildman–Crippen LogP) is 4.20. The van der Waals surface area contributed by atoms with Crippen LogP contribution in [0.15, 0.2) is 48.5 Å². The highest BCUT2D eigenvalue weighted by Gasteiger charge is 2.24. The summed E-state index contributed by atoms with van der Waals surface area (Å²) in [6.07, 6.45) is -1.64. The van der Waals surface area contributed by atoms with Gasteiger partial charge in [0.2, 0.25) is 6.30 Å². The first-order chi connectivity index (χ1) is 9.49. The lowest BCUT2D eigenvalue weighted by Crippen LogP contribution is -2.37. The Morgan fingerprint density at radius 1 is 1.25 bits per heavy atom. The van der Waals surface area contributed by atoms with E-state index in [0.717, 1.165) is 10.5 Å². The lowest BCUT2D eigenvalue weighted by atomic mass is 10.1. The smallest absolute Gasteiger partial charge is 0.321 e. The van der Waals surface area contributed by atoms with Crippen LogP contribution in [0.1, 0.15) is 17.4 Å². The molecule has 0 saturated heterocycles. The van der Waals surface area contributed by atoms with E-state index in [1.54, 1.807) is 42.5 Å². The molecular weight excluding hydrogens is 279 g/mol. The van der Waals surface area contributed by atoms with Gasteiger partial charge in [-0.15, -0.1) is 0 Å². The molecule has 0 aliphatic carbocycles. The molecule has 2 rings (SSSR count). The SMILES string of the molecule is Cc1cccc(C(F)N(C(N)=O)c2ccc(Cl)cc2)c1. The van der Waals surface area contributed by atoms with Crippen LogP contribution < -0.4 is 10.6 Å². The maximum atomic E-state index is 14.6. The molecule has 1 unspecified atom stereocenters. The number of hydrogen-bond acceptors (Lipinski definition) is 1. The molecule has 2 amide bonds. The van der Waals surface area contributed by atoms with Crippen molar-refractivity contribution in [3.05, 3.63) is 64.7 Å². The fourth-order valence-corrected chi connectivity index (χ4v) is 2.06. The fourth-order valence-electron chi connectivity index (χ4n) is 1.94. The molecule has 0 spiro atoms. The second-order valence-electron chi connectivity index (χ2n) is 4.43. The van der Waals surface area contributed by atoms with E-state index in [4.69, 9.17) is 17.3 Å². The number of alkyl halides is 1. The van der Waals surface area contributed by atoms with Gasteiger partial charge in [0.25, 0.3) is 0 Å². The number of carbonyl (C=O) groups excluding carboxylic acids is 1. The van der Waals surface area contributed by atoms with E-state index in [9.17, 15) is 9.18 Å². The first-order valence-electron chi connectivity index (χ1n) is 6.04. The summed E-state index contributed by atoms with van der Waals surface area (Å²) in [7, 11) is 0. The zero-order chi connectivity index (χ0) is 14.7. The van der Waals surface area contributed by atoms with E-state index < -0.39 is 12.3 Å². The van der Waals surface area contributed by atoms with Crippen LogP contribution in [0.2, 0.25) is 5.02 Å².